The Morgan fingerprint density at radius 2 is 1.89 bits per heavy atom. The molecule has 1 fully saturated rings. The largest absolute Gasteiger partial charge is 0.433 e. The lowest BCUT2D eigenvalue weighted by atomic mass is 10.0. The van der Waals surface area contributed by atoms with Crippen molar-refractivity contribution in [2.75, 3.05) is 13.2 Å². The lowest BCUT2D eigenvalue weighted by Gasteiger charge is -2.33. The van der Waals surface area contributed by atoms with Crippen LogP contribution >= 0.6 is 0 Å². The van der Waals surface area contributed by atoms with Gasteiger partial charge in [0.15, 0.2) is 17.3 Å². The van der Waals surface area contributed by atoms with Crippen molar-refractivity contribution in [3.63, 3.8) is 0 Å². The number of nitrogens with two attached hydrogens (primary N) is 1. The van der Waals surface area contributed by atoms with E-state index in [1.165, 1.54) is 4.90 Å². The number of alkyl halides is 3. The number of nitrogens with zero attached hydrogens (tertiary/aromatic N) is 3. The fraction of sp³-hybridized carbons (Fsp3) is 0.438. The van der Waals surface area contributed by atoms with E-state index in [0.29, 0.717) is 12.1 Å². The molecule has 6 nitrogen and oxygen atoms in total. The molecule has 1 aromatic carbocycles. The highest BCUT2D eigenvalue weighted by atomic mass is 19.4. The third-order valence-electron chi connectivity index (χ3n) is 4.38. The molecule has 1 saturated heterocycles. The topological polar surface area (TPSA) is 83.1 Å². The Labute approximate surface area is 155 Å². The Balaban J connectivity index is 1.57. The Hall–Kier alpha value is -2.47. The average molecular weight is 407 g/mol. The standard InChI is InChI=1S/C16H15F6N5O/c17-9-4-11(19)10(18)2-7(9)1-8(23)3-13(28)27-5-12-14(24-6-27)15(26-25-12)16(20,21)22/h2,4,8,14,24H,1,3,5-6,23H2. The van der Waals surface area contributed by atoms with Crippen LogP contribution in [0.25, 0.3) is 0 Å². The molecule has 2 aliphatic rings. The van der Waals surface area contributed by atoms with E-state index in [1.807, 2.05) is 0 Å². The molecule has 1 amide bonds. The molecule has 3 N–H and O–H groups in total. The number of amides is 1. The lowest BCUT2D eigenvalue weighted by molar-refractivity contribution is -0.131. The summed E-state index contributed by atoms with van der Waals surface area (Å²) < 4.78 is 78.4. The molecule has 3 rings (SSSR count). The fourth-order valence-electron chi connectivity index (χ4n) is 3.01. The van der Waals surface area contributed by atoms with Crippen molar-refractivity contribution >= 4 is 17.3 Å². The van der Waals surface area contributed by atoms with Crippen molar-refractivity contribution in [2.45, 2.75) is 31.1 Å². The molecule has 152 valence electrons. The Morgan fingerprint density at radius 3 is 2.57 bits per heavy atom. The first kappa shape index (κ1) is 20.3. The molecule has 2 atom stereocenters. The summed E-state index contributed by atoms with van der Waals surface area (Å²) in [6.45, 7) is -0.338. The minimum absolute atomic E-state index is 0.0483. The SMILES string of the molecule is NC(CC(=O)N1CNC2C(=NN=C2C(F)(F)F)C1)Cc1cc(F)c(F)cc1F. The van der Waals surface area contributed by atoms with E-state index in [4.69, 9.17) is 5.73 Å². The van der Waals surface area contributed by atoms with E-state index in [9.17, 15) is 31.1 Å². The van der Waals surface area contributed by atoms with Gasteiger partial charge in [0.2, 0.25) is 5.91 Å². The van der Waals surface area contributed by atoms with E-state index < -0.39 is 47.3 Å². The Kier molecular flexibility index (Phi) is 5.44. The van der Waals surface area contributed by atoms with Gasteiger partial charge < -0.3 is 10.6 Å². The molecule has 1 aromatic rings. The highest BCUT2D eigenvalue weighted by Gasteiger charge is 2.47. The third kappa shape index (κ3) is 4.17. The van der Waals surface area contributed by atoms with Crippen LogP contribution in [0.3, 0.4) is 0 Å². The van der Waals surface area contributed by atoms with Gasteiger partial charge in [-0.2, -0.15) is 18.3 Å². The molecule has 2 heterocycles. The van der Waals surface area contributed by atoms with Crippen molar-refractivity contribution in [3.05, 3.63) is 35.1 Å². The lowest BCUT2D eigenvalue weighted by Crippen LogP contribution is -2.59. The van der Waals surface area contributed by atoms with E-state index in [2.05, 4.69) is 15.5 Å². The number of fused-ring (bicyclic) bond motifs is 1. The summed E-state index contributed by atoms with van der Waals surface area (Å²) >= 11 is 0. The third-order valence-corrected chi connectivity index (χ3v) is 4.38. The van der Waals surface area contributed by atoms with E-state index in [1.54, 1.807) is 0 Å². The highest BCUT2D eigenvalue weighted by Crippen LogP contribution is 2.25. The summed E-state index contributed by atoms with van der Waals surface area (Å²) in [7, 11) is 0. The van der Waals surface area contributed by atoms with Crippen molar-refractivity contribution in [1.29, 1.82) is 0 Å². The molecule has 28 heavy (non-hydrogen) atoms. The highest BCUT2D eigenvalue weighted by molar-refractivity contribution is 6.17. The zero-order chi connectivity index (χ0) is 20.6. The minimum atomic E-state index is -4.63. The molecular weight excluding hydrogens is 392 g/mol. The molecular formula is C16H15F6N5O. The zero-order valence-electron chi connectivity index (χ0n) is 14.2. The summed E-state index contributed by atoms with van der Waals surface area (Å²) in [6.07, 6.45) is -5.13. The number of carbonyl (C=O) groups is 1. The minimum Gasteiger partial charge on any atom is -0.327 e. The molecule has 0 aromatic heterocycles. The van der Waals surface area contributed by atoms with Crippen LogP contribution in [0.2, 0.25) is 0 Å². The van der Waals surface area contributed by atoms with Crippen molar-refractivity contribution in [1.82, 2.24) is 10.2 Å². The molecule has 0 aliphatic carbocycles. The summed E-state index contributed by atoms with van der Waals surface area (Å²) in [4.78, 5) is 13.5. The van der Waals surface area contributed by atoms with Crippen LogP contribution in [0.15, 0.2) is 22.3 Å². The molecule has 0 spiro atoms. The van der Waals surface area contributed by atoms with Gasteiger partial charge in [0, 0.05) is 18.5 Å². The first-order chi connectivity index (χ1) is 13.1. The van der Waals surface area contributed by atoms with Gasteiger partial charge in [0.1, 0.15) is 11.9 Å². The number of benzene rings is 1. The fourth-order valence-corrected chi connectivity index (χ4v) is 3.01. The molecule has 0 bridgehead atoms. The molecule has 2 unspecified atom stereocenters. The zero-order valence-corrected chi connectivity index (χ0v) is 14.2. The number of hydrogen-bond acceptors (Lipinski definition) is 5. The van der Waals surface area contributed by atoms with Gasteiger partial charge in [0.25, 0.3) is 0 Å². The number of halogens is 6. The molecule has 0 saturated carbocycles. The molecule has 12 heteroatoms. The van der Waals surface area contributed by atoms with Crippen LogP contribution in [0.1, 0.15) is 12.0 Å². The summed E-state index contributed by atoms with van der Waals surface area (Å²) in [5.74, 6) is -4.07. The van der Waals surface area contributed by atoms with Crippen LogP contribution in [0.5, 0.6) is 0 Å². The monoisotopic (exact) mass is 407 g/mol. The van der Waals surface area contributed by atoms with Gasteiger partial charge in [-0.05, 0) is 18.1 Å². The van der Waals surface area contributed by atoms with Crippen LogP contribution < -0.4 is 11.1 Å². The smallest absolute Gasteiger partial charge is 0.327 e. The first-order valence-corrected chi connectivity index (χ1v) is 8.18. The van der Waals surface area contributed by atoms with E-state index >= 15 is 0 Å². The van der Waals surface area contributed by atoms with Crippen LogP contribution in [-0.2, 0) is 11.2 Å². The number of carbonyl (C=O) groups excluding carboxylic acids is 1. The molecule has 0 radical (unpaired) electrons. The van der Waals surface area contributed by atoms with Crippen LogP contribution in [-0.4, -0.2) is 53.7 Å². The van der Waals surface area contributed by atoms with Crippen molar-refractivity contribution < 1.29 is 31.1 Å². The second-order valence-corrected chi connectivity index (χ2v) is 6.49. The van der Waals surface area contributed by atoms with Gasteiger partial charge in [0.05, 0.1) is 18.9 Å². The van der Waals surface area contributed by atoms with Crippen LogP contribution in [0.4, 0.5) is 26.3 Å². The maximum atomic E-state index is 13.7. The predicted octanol–water partition coefficient (Wildman–Crippen LogP) is 1.49. The Morgan fingerprint density at radius 1 is 1.21 bits per heavy atom. The van der Waals surface area contributed by atoms with Gasteiger partial charge in [-0.25, -0.2) is 13.2 Å². The van der Waals surface area contributed by atoms with Crippen molar-refractivity contribution in [2.24, 2.45) is 15.9 Å². The van der Waals surface area contributed by atoms with Crippen molar-refractivity contribution in [3.8, 4) is 0 Å². The number of nitrogens with one attached hydrogen (secondary N) is 1. The maximum absolute atomic E-state index is 13.7. The normalized spacial score (nSPS) is 20.5. The van der Waals surface area contributed by atoms with E-state index in [-0.39, 0.29) is 37.3 Å². The summed E-state index contributed by atoms with van der Waals surface area (Å²) in [6, 6.07) is -1.04. The summed E-state index contributed by atoms with van der Waals surface area (Å²) in [5.41, 5.74) is 4.60. The van der Waals surface area contributed by atoms with Gasteiger partial charge in [-0.3, -0.25) is 10.1 Å². The van der Waals surface area contributed by atoms with Gasteiger partial charge >= 0.3 is 6.18 Å². The average Bonchev–Trinajstić information content (AvgIpc) is 3.03. The van der Waals surface area contributed by atoms with Crippen LogP contribution in [0, 0.1) is 17.5 Å². The quantitative estimate of drug-likeness (QED) is 0.586. The summed E-state index contributed by atoms with van der Waals surface area (Å²) in [5, 5.41) is 9.16. The number of hydrogen-bond donors (Lipinski definition) is 2. The maximum Gasteiger partial charge on any atom is 0.433 e. The van der Waals surface area contributed by atoms with E-state index in [0.717, 1.165) is 0 Å². The second-order valence-electron chi connectivity index (χ2n) is 6.49. The van der Waals surface area contributed by atoms with Gasteiger partial charge in [-0.1, -0.05) is 0 Å². The first-order valence-electron chi connectivity index (χ1n) is 8.18. The Bertz CT molecular complexity index is 853. The van der Waals surface area contributed by atoms with Gasteiger partial charge in [-0.15, -0.1) is 5.10 Å². The number of rotatable bonds is 4. The second kappa shape index (κ2) is 7.51. The predicted molar refractivity (Wildman–Crippen MR) is 87.0 cm³/mol. The molecule has 2 aliphatic heterocycles.